The lowest BCUT2D eigenvalue weighted by atomic mass is 9.97. The maximum Gasteiger partial charge on any atom is 0.311 e. The smallest absolute Gasteiger partial charge is 0.311 e. The molecule has 3 fully saturated rings. The predicted molar refractivity (Wildman–Crippen MR) is 73.9 cm³/mol. The molecule has 1 aliphatic carbocycles. The summed E-state index contributed by atoms with van der Waals surface area (Å²) in [5.74, 6) is 2.36. The molecular weight excluding hydrogens is 262 g/mol. The Morgan fingerprint density at radius 3 is 2.63 bits per heavy atom. The molecule has 5 heteroatoms. The van der Waals surface area contributed by atoms with E-state index in [-0.39, 0.29) is 29.8 Å². The highest BCUT2D eigenvalue weighted by molar-refractivity contribution is 7.99. The topological polar surface area (TPSA) is 46.6 Å². The van der Waals surface area contributed by atoms with E-state index >= 15 is 0 Å². The van der Waals surface area contributed by atoms with E-state index in [4.69, 9.17) is 4.74 Å². The zero-order valence-corrected chi connectivity index (χ0v) is 12.0. The highest BCUT2D eigenvalue weighted by Gasteiger charge is 2.37. The van der Waals surface area contributed by atoms with Gasteiger partial charge in [0.25, 0.3) is 0 Å². The number of hydrogen-bond acceptors (Lipinski definition) is 4. The normalized spacial score (nSPS) is 31.3. The average Bonchev–Trinajstić information content (AvgIpc) is 3.17. The van der Waals surface area contributed by atoms with Gasteiger partial charge in [-0.05, 0) is 37.9 Å². The third-order valence-corrected chi connectivity index (χ3v) is 5.30. The quantitative estimate of drug-likeness (QED) is 0.739. The molecule has 3 aliphatic rings. The van der Waals surface area contributed by atoms with Crippen molar-refractivity contribution < 1.29 is 14.3 Å². The maximum atomic E-state index is 12.1. The van der Waals surface area contributed by atoms with Crippen LogP contribution in [0.3, 0.4) is 0 Å². The molecule has 106 valence electrons. The van der Waals surface area contributed by atoms with Gasteiger partial charge in [-0.3, -0.25) is 9.59 Å². The first-order valence-electron chi connectivity index (χ1n) is 7.31. The summed E-state index contributed by atoms with van der Waals surface area (Å²) in [6.45, 7) is 1.40. The van der Waals surface area contributed by atoms with E-state index in [0.29, 0.717) is 6.54 Å². The van der Waals surface area contributed by atoms with E-state index in [1.165, 1.54) is 0 Å². The van der Waals surface area contributed by atoms with Gasteiger partial charge in [-0.25, -0.2) is 0 Å². The standard InChI is InChI=1S/C14H21NO3S/c16-13(10-3-4-10)15-6-1-2-11(8-15)14(17)18-12-5-7-19-9-12/h10-12H,1-9H2/t11-,12-/m1/s1. The number of nitrogens with zero attached hydrogens (tertiary/aromatic N) is 1. The van der Waals surface area contributed by atoms with Crippen LogP contribution in [0.4, 0.5) is 0 Å². The van der Waals surface area contributed by atoms with Crippen LogP contribution in [0.5, 0.6) is 0 Å². The fourth-order valence-electron chi connectivity index (χ4n) is 2.82. The minimum absolute atomic E-state index is 0.0826. The van der Waals surface area contributed by atoms with Crippen molar-refractivity contribution in [1.29, 1.82) is 0 Å². The molecule has 0 aromatic heterocycles. The van der Waals surface area contributed by atoms with E-state index in [2.05, 4.69) is 0 Å². The zero-order chi connectivity index (χ0) is 13.2. The summed E-state index contributed by atoms with van der Waals surface area (Å²) in [6.07, 6.45) is 4.94. The predicted octanol–water partition coefficient (Wildman–Crippen LogP) is 1.68. The van der Waals surface area contributed by atoms with Gasteiger partial charge in [0.2, 0.25) is 5.91 Å². The Morgan fingerprint density at radius 2 is 1.95 bits per heavy atom. The lowest BCUT2D eigenvalue weighted by Crippen LogP contribution is -2.44. The van der Waals surface area contributed by atoms with Crippen LogP contribution < -0.4 is 0 Å². The lowest BCUT2D eigenvalue weighted by Gasteiger charge is -2.32. The molecule has 0 spiro atoms. The Hall–Kier alpha value is -0.710. The Morgan fingerprint density at radius 1 is 1.11 bits per heavy atom. The molecule has 0 aromatic carbocycles. The number of carbonyl (C=O) groups excluding carboxylic acids is 2. The molecule has 0 unspecified atom stereocenters. The number of ether oxygens (including phenoxy) is 1. The van der Waals surface area contributed by atoms with Crippen LogP contribution in [0.1, 0.15) is 32.1 Å². The zero-order valence-electron chi connectivity index (χ0n) is 11.2. The van der Waals surface area contributed by atoms with E-state index in [0.717, 1.165) is 50.2 Å². The molecule has 2 saturated heterocycles. The number of thioether (sulfide) groups is 1. The molecule has 0 bridgehead atoms. The average molecular weight is 283 g/mol. The molecule has 2 atom stereocenters. The number of carbonyl (C=O) groups is 2. The fourth-order valence-corrected chi connectivity index (χ4v) is 3.92. The van der Waals surface area contributed by atoms with Gasteiger partial charge in [-0.2, -0.15) is 11.8 Å². The largest absolute Gasteiger partial charge is 0.461 e. The van der Waals surface area contributed by atoms with Gasteiger partial charge < -0.3 is 9.64 Å². The van der Waals surface area contributed by atoms with Gasteiger partial charge in [-0.15, -0.1) is 0 Å². The van der Waals surface area contributed by atoms with Crippen LogP contribution in [0.15, 0.2) is 0 Å². The van der Waals surface area contributed by atoms with Gasteiger partial charge >= 0.3 is 5.97 Å². The van der Waals surface area contributed by atoms with Crippen molar-refractivity contribution >= 4 is 23.6 Å². The summed E-state index contributed by atoms with van der Waals surface area (Å²) in [4.78, 5) is 26.1. The van der Waals surface area contributed by atoms with Crippen LogP contribution in [0.2, 0.25) is 0 Å². The number of rotatable bonds is 3. The summed E-state index contributed by atoms with van der Waals surface area (Å²) in [7, 11) is 0. The molecule has 3 rings (SSSR count). The van der Waals surface area contributed by atoms with Crippen LogP contribution in [-0.2, 0) is 14.3 Å². The Bertz CT molecular complexity index is 364. The summed E-state index contributed by atoms with van der Waals surface area (Å²) < 4.78 is 5.56. The van der Waals surface area contributed by atoms with Crippen molar-refractivity contribution in [3.63, 3.8) is 0 Å². The highest BCUT2D eigenvalue weighted by Crippen LogP contribution is 2.33. The van der Waals surface area contributed by atoms with Crippen LogP contribution in [0.25, 0.3) is 0 Å². The molecule has 2 aliphatic heterocycles. The Labute approximate surface area is 118 Å². The minimum Gasteiger partial charge on any atom is -0.461 e. The molecule has 19 heavy (non-hydrogen) atoms. The Balaban J connectivity index is 1.51. The second kappa shape index (κ2) is 5.73. The molecule has 0 radical (unpaired) electrons. The van der Waals surface area contributed by atoms with Gasteiger partial charge in [0.15, 0.2) is 0 Å². The summed E-state index contributed by atoms with van der Waals surface area (Å²) >= 11 is 1.85. The minimum atomic E-state index is -0.0953. The van der Waals surface area contributed by atoms with E-state index in [9.17, 15) is 9.59 Å². The highest BCUT2D eigenvalue weighted by atomic mass is 32.2. The van der Waals surface area contributed by atoms with Crippen LogP contribution in [0, 0.1) is 11.8 Å². The van der Waals surface area contributed by atoms with Gasteiger partial charge in [-0.1, -0.05) is 0 Å². The SMILES string of the molecule is O=C(O[C@@H]1CCSC1)[C@@H]1CCCN(C(=O)C2CC2)C1. The van der Waals surface area contributed by atoms with Crippen molar-refractivity contribution in [2.75, 3.05) is 24.6 Å². The Kier molecular flexibility index (Phi) is 4.01. The molecule has 1 saturated carbocycles. The van der Waals surface area contributed by atoms with Crippen LogP contribution in [-0.4, -0.2) is 47.5 Å². The summed E-state index contributed by atoms with van der Waals surface area (Å²) in [5.41, 5.74) is 0. The first-order chi connectivity index (χ1) is 9.24. The number of amides is 1. The van der Waals surface area contributed by atoms with Crippen molar-refractivity contribution in [2.45, 2.75) is 38.2 Å². The second-order valence-electron chi connectivity index (χ2n) is 5.82. The van der Waals surface area contributed by atoms with Crippen molar-refractivity contribution in [1.82, 2.24) is 4.90 Å². The summed E-state index contributed by atoms with van der Waals surface area (Å²) in [6, 6.07) is 0. The molecule has 1 amide bonds. The number of likely N-dealkylation sites (tertiary alicyclic amines) is 1. The van der Waals surface area contributed by atoms with E-state index in [1.807, 2.05) is 16.7 Å². The van der Waals surface area contributed by atoms with Crippen molar-refractivity contribution in [3.8, 4) is 0 Å². The first kappa shape index (κ1) is 13.3. The van der Waals surface area contributed by atoms with E-state index in [1.54, 1.807) is 0 Å². The third kappa shape index (κ3) is 3.25. The van der Waals surface area contributed by atoms with Gasteiger partial charge in [0.1, 0.15) is 6.10 Å². The number of piperidine rings is 1. The number of esters is 1. The molecule has 0 N–H and O–H groups in total. The molecule has 4 nitrogen and oxygen atoms in total. The van der Waals surface area contributed by atoms with Gasteiger partial charge in [0.05, 0.1) is 5.92 Å². The lowest BCUT2D eigenvalue weighted by molar-refractivity contribution is -0.155. The second-order valence-corrected chi connectivity index (χ2v) is 6.97. The first-order valence-corrected chi connectivity index (χ1v) is 8.46. The molecule has 2 heterocycles. The van der Waals surface area contributed by atoms with Crippen molar-refractivity contribution in [3.05, 3.63) is 0 Å². The molecular formula is C14H21NO3S. The monoisotopic (exact) mass is 283 g/mol. The van der Waals surface area contributed by atoms with E-state index < -0.39 is 0 Å². The third-order valence-electron chi connectivity index (χ3n) is 4.16. The summed E-state index contributed by atoms with van der Waals surface area (Å²) in [5, 5.41) is 0. The molecule has 0 aromatic rings. The fraction of sp³-hybridized carbons (Fsp3) is 0.857. The van der Waals surface area contributed by atoms with Gasteiger partial charge in [0, 0.05) is 24.8 Å². The number of hydrogen-bond donors (Lipinski definition) is 0. The maximum absolute atomic E-state index is 12.1. The van der Waals surface area contributed by atoms with Crippen molar-refractivity contribution in [2.24, 2.45) is 11.8 Å². The van der Waals surface area contributed by atoms with Crippen LogP contribution >= 0.6 is 11.8 Å².